The number of fused-ring (bicyclic) bond motifs is 5. The van der Waals surface area contributed by atoms with E-state index < -0.39 is 5.60 Å². The van der Waals surface area contributed by atoms with Gasteiger partial charge in [-0.15, -0.1) is 0 Å². The maximum atomic E-state index is 12.8. The van der Waals surface area contributed by atoms with Crippen LogP contribution < -0.4 is 0 Å². The summed E-state index contributed by atoms with van der Waals surface area (Å²) in [4.78, 5) is 14.8. The van der Waals surface area contributed by atoms with Crippen molar-refractivity contribution in [3.63, 3.8) is 0 Å². The largest absolute Gasteiger partial charge is 0.444 e. The number of piperidine rings is 1. The van der Waals surface area contributed by atoms with E-state index in [1.165, 1.54) is 39.8 Å². The van der Waals surface area contributed by atoms with Crippen LogP contribution in [0.1, 0.15) is 63.1 Å². The van der Waals surface area contributed by atoms with Crippen molar-refractivity contribution in [3.05, 3.63) is 65.2 Å². The van der Waals surface area contributed by atoms with Crippen LogP contribution >= 0.6 is 0 Å². The Morgan fingerprint density at radius 1 is 1.03 bits per heavy atom. The molecule has 5 rings (SSSR count). The van der Waals surface area contributed by atoms with Gasteiger partial charge in [-0.2, -0.15) is 0 Å². The van der Waals surface area contributed by atoms with Gasteiger partial charge in [-0.25, -0.2) is 4.79 Å². The first-order valence-corrected chi connectivity index (χ1v) is 10.8. The molecule has 3 aliphatic rings. The van der Waals surface area contributed by atoms with Crippen molar-refractivity contribution in [2.45, 2.75) is 70.6 Å². The highest BCUT2D eigenvalue weighted by molar-refractivity contribution is 5.81. The van der Waals surface area contributed by atoms with Gasteiger partial charge in [0.1, 0.15) is 5.60 Å². The Morgan fingerprint density at radius 3 is 2.62 bits per heavy atom. The summed E-state index contributed by atoms with van der Waals surface area (Å²) in [6.45, 7) is 5.82. The number of hydrogen-bond donors (Lipinski definition) is 0. The van der Waals surface area contributed by atoms with Crippen LogP contribution in [0.25, 0.3) is 16.7 Å². The summed E-state index contributed by atoms with van der Waals surface area (Å²) >= 11 is 0. The molecule has 1 fully saturated rings. The van der Waals surface area contributed by atoms with Crippen LogP contribution in [0.3, 0.4) is 0 Å². The zero-order valence-electron chi connectivity index (χ0n) is 17.6. The SMILES string of the molecule is CC(C)(C)OC(=O)N1C2C=C(c3ccc4c(c3)Cc3ccccc3-4)CC1CCC2. The summed E-state index contributed by atoms with van der Waals surface area (Å²) in [7, 11) is 0. The molecule has 1 saturated heterocycles. The van der Waals surface area contributed by atoms with E-state index in [0.717, 1.165) is 25.7 Å². The summed E-state index contributed by atoms with van der Waals surface area (Å²) in [6.07, 6.45) is 7.36. The van der Waals surface area contributed by atoms with Gasteiger partial charge in [-0.05, 0) is 86.3 Å². The van der Waals surface area contributed by atoms with Gasteiger partial charge in [-0.1, -0.05) is 48.5 Å². The molecule has 3 nitrogen and oxygen atoms in total. The van der Waals surface area contributed by atoms with Crippen molar-refractivity contribution in [3.8, 4) is 11.1 Å². The highest BCUT2D eigenvalue weighted by atomic mass is 16.6. The molecule has 1 amide bonds. The molecule has 2 heterocycles. The van der Waals surface area contributed by atoms with Gasteiger partial charge < -0.3 is 4.74 Å². The molecule has 0 N–H and O–H groups in total. The predicted molar refractivity (Wildman–Crippen MR) is 117 cm³/mol. The zero-order chi connectivity index (χ0) is 20.2. The van der Waals surface area contributed by atoms with Crippen LogP contribution in [0.4, 0.5) is 4.79 Å². The Labute approximate surface area is 173 Å². The van der Waals surface area contributed by atoms with Gasteiger partial charge in [0.15, 0.2) is 0 Å². The molecule has 29 heavy (non-hydrogen) atoms. The Balaban J connectivity index is 1.43. The number of amides is 1. The highest BCUT2D eigenvalue weighted by Crippen LogP contribution is 2.41. The topological polar surface area (TPSA) is 29.5 Å². The molecule has 0 radical (unpaired) electrons. The quantitative estimate of drug-likeness (QED) is 0.497. The van der Waals surface area contributed by atoms with E-state index in [9.17, 15) is 4.79 Å². The lowest BCUT2D eigenvalue weighted by Crippen LogP contribution is -2.53. The molecule has 0 saturated carbocycles. The first-order valence-electron chi connectivity index (χ1n) is 10.8. The van der Waals surface area contributed by atoms with Gasteiger partial charge >= 0.3 is 6.09 Å². The second kappa shape index (κ2) is 6.76. The van der Waals surface area contributed by atoms with E-state index in [2.05, 4.69) is 48.5 Å². The van der Waals surface area contributed by atoms with Crippen molar-refractivity contribution in [2.24, 2.45) is 0 Å². The lowest BCUT2D eigenvalue weighted by molar-refractivity contribution is 0.0000846. The van der Waals surface area contributed by atoms with Crippen LogP contribution in [0.2, 0.25) is 0 Å². The maximum Gasteiger partial charge on any atom is 0.411 e. The molecule has 2 atom stereocenters. The molecule has 2 bridgehead atoms. The van der Waals surface area contributed by atoms with E-state index in [1.54, 1.807) is 0 Å². The molecule has 2 unspecified atom stereocenters. The second-order valence-corrected chi connectivity index (χ2v) is 9.64. The Hall–Kier alpha value is -2.55. The highest BCUT2D eigenvalue weighted by Gasteiger charge is 2.39. The number of benzene rings is 2. The monoisotopic (exact) mass is 387 g/mol. The number of nitrogens with zero attached hydrogens (tertiary/aromatic N) is 1. The van der Waals surface area contributed by atoms with Crippen LogP contribution in [0, 0.1) is 0 Å². The number of hydrogen-bond acceptors (Lipinski definition) is 2. The number of carbonyl (C=O) groups excluding carboxylic acids is 1. The third kappa shape index (κ3) is 3.37. The lowest BCUT2D eigenvalue weighted by Gasteiger charge is -2.45. The third-order valence-electron chi connectivity index (χ3n) is 6.41. The van der Waals surface area contributed by atoms with Crippen LogP contribution in [-0.2, 0) is 11.2 Å². The van der Waals surface area contributed by atoms with Crippen molar-refractivity contribution in [1.29, 1.82) is 0 Å². The van der Waals surface area contributed by atoms with Gasteiger partial charge in [0, 0.05) is 6.04 Å². The molecule has 150 valence electrons. The predicted octanol–water partition coefficient (Wildman–Crippen LogP) is 6.20. The summed E-state index contributed by atoms with van der Waals surface area (Å²) in [5, 5.41) is 0. The lowest BCUT2D eigenvalue weighted by atomic mass is 9.82. The molecule has 0 aromatic heterocycles. The first-order chi connectivity index (χ1) is 13.9. The summed E-state index contributed by atoms with van der Waals surface area (Å²) in [6, 6.07) is 16.0. The molecular formula is C26H29NO2. The third-order valence-corrected chi connectivity index (χ3v) is 6.41. The second-order valence-electron chi connectivity index (χ2n) is 9.64. The minimum Gasteiger partial charge on any atom is -0.444 e. The van der Waals surface area contributed by atoms with Crippen LogP contribution in [0.15, 0.2) is 48.5 Å². The number of ether oxygens (including phenoxy) is 1. The van der Waals surface area contributed by atoms with E-state index >= 15 is 0 Å². The van der Waals surface area contributed by atoms with Crippen molar-refractivity contribution >= 4 is 11.7 Å². The average Bonchev–Trinajstić information content (AvgIpc) is 3.03. The fourth-order valence-corrected chi connectivity index (χ4v) is 5.19. The molecule has 2 aliphatic heterocycles. The van der Waals surface area contributed by atoms with Crippen molar-refractivity contribution < 1.29 is 9.53 Å². The van der Waals surface area contributed by atoms with Crippen molar-refractivity contribution in [1.82, 2.24) is 4.90 Å². The molecule has 3 heteroatoms. The standard InChI is InChI=1S/C26H29NO2/c1-26(2,3)29-25(28)27-21-8-6-9-22(27)16-19(15-21)17-11-12-24-20(13-17)14-18-7-4-5-10-23(18)24/h4-5,7,10-13,15,21-22H,6,8-9,14,16H2,1-3H3. The van der Waals surface area contributed by atoms with Gasteiger partial charge in [0.2, 0.25) is 0 Å². The molecule has 1 aliphatic carbocycles. The number of carbonyl (C=O) groups is 1. The van der Waals surface area contributed by atoms with Crippen LogP contribution in [-0.4, -0.2) is 28.7 Å². The molecule has 2 aromatic carbocycles. The summed E-state index contributed by atoms with van der Waals surface area (Å²) < 4.78 is 5.71. The molecule has 2 aromatic rings. The maximum absolute atomic E-state index is 12.8. The Bertz CT molecular complexity index is 998. The minimum atomic E-state index is -0.454. The summed E-state index contributed by atoms with van der Waals surface area (Å²) in [5.41, 5.74) is 7.84. The van der Waals surface area contributed by atoms with Gasteiger partial charge in [-0.3, -0.25) is 4.90 Å². The van der Waals surface area contributed by atoms with E-state index in [1.807, 2.05) is 25.7 Å². The minimum absolute atomic E-state index is 0.151. The van der Waals surface area contributed by atoms with E-state index in [4.69, 9.17) is 4.74 Å². The fourth-order valence-electron chi connectivity index (χ4n) is 5.19. The Kier molecular flexibility index (Phi) is 4.31. The smallest absolute Gasteiger partial charge is 0.411 e. The molecular weight excluding hydrogens is 358 g/mol. The van der Waals surface area contributed by atoms with Crippen LogP contribution in [0.5, 0.6) is 0 Å². The molecule has 0 spiro atoms. The van der Waals surface area contributed by atoms with Gasteiger partial charge in [0.05, 0.1) is 6.04 Å². The van der Waals surface area contributed by atoms with Crippen molar-refractivity contribution in [2.75, 3.05) is 0 Å². The average molecular weight is 388 g/mol. The number of rotatable bonds is 1. The Morgan fingerprint density at radius 2 is 1.83 bits per heavy atom. The zero-order valence-corrected chi connectivity index (χ0v) is 17.6. The first kappa shape index (κ1) is 18.5. The van der Waals surface area contributed by atoms with E-state index in [-0.39, 0.29) is 18.2 Å². The van der Waals surface area contributed by atoms with Gasteiger partial charge in [0.25, 0.3) is 0 Å². The van der Waals surface area contributed by atoms with E-state index in [0.29, 0.717) is 0 Å². The fraction of sp³-hybridized carbons (Fsp3) is 0.423. The summed E-state index contributed by atoms with van der Waals surface area (Å²) in [5.74, 6) is 0. The normalized spacial score (nSPS) is 22.6.